The number of rotatable bonds is 6. The Balaban J connectivity index is 1.80. The van der Waals surface area contributed by atoms with Gasteiger partial charge in [0, 0.05) is 0 Å². The molecule has 27 heavy (non-hydrogen) atoms. The Bertz CT molecular complexity index is 886. The van der Waals surface area contributed by atoms with Gasteiger partial charge in [-0.3, -0.25) is 9.59 Å². The summed E-state index contributed by atoms with van der Waals surface area (Å²) >= 11 is 0. The molecule has 142 valence electrons. The van der Waals surface area contributed by atoms with Gasteiger partial charge in [0.05, 0.1) is 5.92 Å². The van der Waals surface area contributed by atoms with Crippen LogP contribution in [0, 0.1) is 11.8 Å². The van der Waals surface area contributed by atoms with Crippen molar-refractivity contribution in [1.29, 1.82) is 0 Å². The first kappa shape index (κ1) is 19.1. The second kappa shape index (κ2) is 7.16. The maximum Gasteiger partial charge on any atom is 0.324 e. The van der Waals surface area contributed by atoms with E-state index in [0.717, 1.165) is 23.1 Å². The average molecular weight is 367 g/mol. The molecule has 0 saturated carbocycles. The highest BCUT2D eigenvalue weighted by molar-refractivity contribution is 5.87. The third-order valence-corrected chi connectivity index (χ3v) is 5.35. The Morgan fingerprint density at radius 1 is 1.15 bits per heavy atom. The Morgan fingerprint density at radius 3 is 2.48 bits per heavy atom. The summed E-state index contributed by atoms with van der Waals surface area (Å²) < 4.78 is 5.53. The minimum absolute atomic E-state index is 0.106. The number of fused-ring (bicyclic) bond motifs is 3. The quantitative estimate of drug-likeness (QED) is 0.652. The summed E-state index contributed by atoms with van der Waals surface area (Å²) in [5, 5.41) is 9.39. The predicted molar refractivity (Wildman–Crippen MR) is 103 cm³/mol. The van der Waals surface area contributed by atoms with Crippen LogP contribution in [0.2, 0.25) is 0 Å². The van der Waals surface area contributed by atoms with Gasteiger partial charge in [-0.15, -0.1) is 0 Å². The van der Waals surface area contributed by atoms with Gasteiger partial charge >= 0.3 is 11.9 Å². The van der Waals surface area contributed by atoms with Gasteiger partial charge in [-0.1, -0.05) is 56.3 Å². The lowest BCUT2D eigenvalue weighted by atomic mass is 9.79. The van der Waals surface area contributed by atoms with Crippen molar-refractivity contribution in [2.75, 3.05) is 0 Å². The van der Waals surface area contributed by atoms with E-state index in [9.17, 15) is 14.7 Å². The standard InChI is InChI=1S/C22H25NO4/c1-13(2)19(22(3,23)21(25)26)20(24)27-12-15-8-6-10-17-16-9-5-4-7-14(16)11-18(15)17/h4-10,13,19H,11-12,23H2,1-3H3,(H,25,26). The fourth-order valence-corrected chi connectivity index (χ4v) is 3.94. The molecule has 3 N–H and O–H groups in total. The number of hydrogen-bond acceptors (Lipinski definition) is 4. The van der Waals surface area contributed by atoms with Crippen LogP contribution in [0.25, 0.3) is 11.1 Å². The second-order valence-electron chi connectivity index (χ2n) is 7.69. The van der Waals surface area contributed by atoms with E-state index in [1.165, 1.54) is 18.1 Å². The van der Waals surface area contributed by atoms with Gasteiger partial charge in [0.15, 0.2) is 0 Å². The van der Waals surface area contributed by atoms with E-state index in [4.69, 9.17) is 10.5 Å². The SMILES string of the molecule is CC(C)C(C(=O)OCc1cccc2c1Cc1ccccc1-2)C(C)(N)C(=O)O. The predicted octanol–water partition coefficient (Wildman–Crippen LogP) is 3.38. The molecule has 0 radical (unpaired) electrons. The molecule has 2 aromatic carbocycles. The smallest absolute Gasteiger partial charge is 0.324 e. The summed E-state index contributed by atoms with van der Waals surface area (Å²) in [7, 11) is 0. The van der Waals surface area contributed by atoms with E-state index in [-0.39, 0.29) is 12.5 Å². The summed E-state index contributed by atoms with van der Waals surface area (Å²) in [6.07, 6.45) is 0.802. The average Bonchev–Trinajstić information content (AvgIpc) is 2.98. The van der Waals surface area contributed by atoms with Crippen molar-refractivity contribution >= 4 is 11.9 Å². The van der Waals surface area contributed by atoms with Crippen molar-refractivity contribution in [3.63, 3.8) is 0 Å². The van der Waals surface area contributed by atoms with Crippen LogP contribution in [-0.4, -0.2) is 22.6 Å². The number of benzene rings is 2. The summed E-state index contributed by atoms with van der Waals surface area (Å²) in [5.74, 6) is -2.97. The lowest BCUT2D eigenvalue weighted by Gasteiger charge is -2.31. The summed E-state index contributed by atoms with van der Waals surface area (Å²) in [4.78, 5) is 24.2. The minimum atomic E-state index is -1.68. The van der Waals surface area contributed by atoms with Crippen molar-refractivity contribution in [2.45, 2.75) is 39.3 Å². The molecule has 5 nitrogen and oxygen atoms in total. The highest BCUT2D eigenvalue weighted by atomic mass is 16.5. The van der Waals surface area contributed by atoms with Crippen molar-refractivity contribution in [3.05, 3.63) is 59.2 Å². The zero-order valence-electron chi connectivity index (χ0n) is 15.9. The lowest BCUT2D eigenvalue weighted by molar-refractivity contribution is -0.161. The molecule has 0 fully saturated rings. The maximum atomic E-state index is 12.7. The van der Waals surface area contributed by atoms with Gasteiger partial charge in [0.1, 0.15) is 12.1 Å². The molecule has 0 spiro atoms. The third kappa shape index (κ3) is 3.47. The fourth-order valence-electron chi connectivity index (χ4n) is 3.94. The van der Waals surface area contributed by atoms with Gasteiger partial charge in [-0.2, -0.15) is 0 Å². The number of nitrogens with two attached hydrogens (primary N) is 1. The molecule has 1 aliphatic rings. The van der Waals surface area contributed by atoms with Crippen LogP contribution in [0.5, 0.6) is 0 Å². The topological polar surface area (TPSA) is 89.6 Å². The van der Waals surface area contributed by atoms with Crippen molar-refractivity contribution < 1.29 is 19.4 Å². The Hall–Kier alpha value is -2.66. The molecular formula is C22H25NO4. The Morgan fingerprint density at radius 2 is 1.81 bits per heavy atom. The minimum Gasteiger partial charge on any atom is -0.480 e. The molecule has 0 amide bonds. The van der Waals surface area contributed by atoms with Gasteiger partial charge < -0.3 is 15.6 Å². The number of esters is 1. The van der Waals surface area contributed by atoms with Crippen LogP contribution in [0.3, 0.4) is 0 Å². The van der Waals surface area contributed by atoms with Crippen LogP contribution in [0.1, 0.15) is 37.5 Å². The first-order chi connectivity index (χ1) is 12.7. The Kier molecular flexibility index (Phi) is 5.07. The normalized spacial score (nSPS) is 15.6. The number of aliphatic carboxylic acids is 1. The highest BCUT2D eigenvalue weighted by Crippen LogP contribution is 2.38. The number of ether oxygens (including phenoxy) is 1. The maximum absolute atomic E-state index is 12.7. The molecule has 1 aliphatic carbocycles. The van der Waals surface area contributed by atoms with Gasteiger partial charge in [0.25, 0.3) is 0 Å². The molecule has 2 atom stereocenters. The van der Waals surface area contributed by atoms with Gasteiger partial charge in [0.2, 0.25) is 0 Å². The number of carboxylic acid groups (broad SMARTS) is 1. The van der Waals surface area contributed by atoms with Crippen molar-refractivity contribution in [2.24, 2.45) is 17.6 Å². The zero-order valence-corrected chi connectivity index (χ0v) is 15.9. The van der Waals surface area contributed by atoms with Gasteiger partial charge in [-0.25, -0.2) is 0 Å². The largest absolute Gasteiger partial charge is 0.480 e. The van der Waals surface area contributed by atoms with Crippen LogP contribution in [-0.2, 0) is 27.4 Å². The van der Waals surface area contributed by atoms with Crippen molar-refractivity contribution in [3.8, 4) is 11.1 Å². The summed E-state index contributed by atoms with van der Waals surface area (Å²) in [6.45, 7) is 5.01. The van der Waals surface area contributed by atoms with Crippen LogP contribution < -0.4 is 5.73 Å². The molecule has 0 aromatic heterocycles. The van der Waals surface area contributed by atoms with E-state index in [1.54, 1.807) is 13.8 Å². The fraction of sp³-hybridized carbons (Fsp3) is 0.364. The first-order valence-electron chi connectivity index (χ1n) is 9.11. The third-order valence-electron chi connectivity index (χ3n) is 5.35. The number of carbonyl (C=O) groups excluding carboxylic acids is 1. The molecule has 5 heteroatoms. The number of carbonyl (C=O) groups is 2. The molecule has 2 aromatic rings. The van der Waals surface area contributed by atoms with E-state index in [0.29, 0.717) is 0 Å². The monoisotopic (exact) mass is 367 g/mol. The van der Waals surface area contributed by atoms with Crippen LogP contribution in [0.4, 0.5) is 0 Å². The number of hydrogen-bond donors (Lipinski definition) is 2. The molecule has 0 saturated heterocycles. The lowest BCUT2D eigenvalue weighted by Crippen LogP contribution is -2.56. The first-order valence-corrected chi connectivity index (χ1v) is 9.11. The second-order valence-corrected chi connectivity index (χ2v) is 7.69. The Labute approximate surface area is 159 Å². The molecule has 0 aliphatic heterocycles. The van der Waals surface area contributed by atoms with Gasteiger partial charge in [-0.05, 0) is 47.1 Å². The highest BCUT2D eigenvalue weighted by Gasteiger charge is 2.45. The zero-order chi connectivity index (χ0) is 19.8. The van der Waals surface area contributed by atoms with Crippen LogP contribution >= 0.6 is 0 Å². The molecule has 0 bridgehead atoms. The van der Waals surface area contributed by atoms with E-state index in [1.807, 2.05) is 24.3 Å². The molecule has 2 unspecified atom stereocenters. The van der Waals surface area contributed by atoms with E-state index in [2.05, 4.69) is 18.2 Å². The summed E-state index contributed by atoms with van der Waals surface area (Å²) in [6, 6.07) is 14.2. The molecule has 3 rings (SSSR count). The van der Waals surface area contributed by atoms with E-state index >= 15 is 0 Å². The van der Waals surface area contributed by atoms with Crippen molar-refractivity contribution in [1.82, 2.24) is 0 Å². The molecule has 0 heterocycles. The summed E-state index contributed by atoms with van der Waals surface area (Å²) in [5.41, 5.74) is 9.96. The van der Waals surface area contributed by atoms with E-state index < -0.39 is 23.4 Å². The van der Waals surface area contributed by atoms with Crippen LogP contribution in [0.15, 0.2) is 42.5 Å². The molecular weight excluding hydrogens is 342 g/mol. The number of carboxylic acids is 1.